The molecule has 4 heteroatoms. The number of hydrogen-bond acceptors (Lipinski definition) is 2. The molecule has 0 saturated heterocycles. The zero-order chi connectivity index (χ0) is 20.5. The van der Waals surface area contributed by atoms with E-state index in [9.17, 15) is 13.0 Å². The van der Waals surface area contributed by atoms with E-state index in [1.165, 1.54) is 83.1 Å². The maximum atomic E-state index is 11.4. The van der Waals surface area contributed by atoms with Crippen LogP contribution in [0, 0.1) is 0 Å². The van der Waals surface area contributed by atoms with Crippen molar-refractivity contribution < 1.29 is 13.0 Å². The normalized spacial score (nSPS) is 12.1. The van der Waals surface area contributed by atoms with Crippen LogP contribution in [0.5, 0.6) is 0 Å². The molecular weight excluding hydrogens is 368 g/mol. The average molecular weight is 409 g/mol. The van der Waals surface area contributed by atoms with Crippen molar-refractivity contribution in [1.82, 2.24) is 0 Å². The Balaban J connectivity index is 1.97. The maximum Gasteiger partial charge on any atom is 0.294 e. The second-order valence-electron chi connectivity index (χ2n) is 7.77. The van der Waals surface area contributed by atoms with E-state index < -0.39 is 10.1 Å². The molecule has 0 radical (unpaired) electrons. The van der Waals surface area contributed by atoms with E-state index in [-0.39, 0.29) is 4.90 Å². The molecule has 0 spiro atoms. The van der Waals surface area contributed by atoms with Crippen LogP contribution in [0.2, 0.25) is 0 Å². The Morgan fingerprint density at radius 2 is 1.25 bits per heavy atom. The quantitative estimate of drug-likeness (QED) is 0.165. The molecule has 0 aliphatic heterocycles. The maximum absolute atomic E-state index is 11.4. The van der Waals surface area contributed by atoms with Gasteiger partial charge in [-0.05, 0) is 50.2 Å². The lowest BCUT2D eigenvalue weighted by molar-refractivity contribution is 0.481. The first kappa shape index (κ1) is 24.9. The molecule has 0 saturated carbocycles. The Hall–Kier alpha value is -1.13. The standard InChI is InChI=1S/C24H40O3S/c1-2-3-4-5-6-7-8-9-10-11-12-13-14-15-16-17-20-23-21-18-19-22-24(23)28(25,26)27/h9-10,18-19,21-22H,2-8,11-17,20H2,1H3,(H,25,26,27)/b10-9-. The summed E-state index contributed by atoms with van der Waals surface area (Å²) in [4.78, 5) is 0.0581. The molecule has 1 rings (SSSR count). The summed E-state index contributed by atoms with van der Waals surface area (Å²) in [5.41, 5.74) is 0.723. The van der Waals surface area contributed by atoms with Gasteiger partial charge < -0.3 is 0 Å². The lowest BCUT2D eigenvalue weighted by Gasteiger charge is -2.06. The van der Waals surface area contributed by atoms with Crippen LogP contribution in [-0.4, -0.2) is 13.0 Å². The molecule has 0 heterocycles. The second-order valence-corrected chi connectivity index (χ2v) is 9.16. The van der Waals surface area contributed by atoms with Crippen molar-refractivity contribution in [1.29, 1.82) is 0 Å². The summed E-state index contributed by atoms with van der Waals surface area (Å²) in [6, 6.07) is 6.74. The van der Waals surface area contributed by atoms with Crippen LogP contribution < -0.4 is 0 Å². The summed E-state index contributed by atoms with van der Waals surface area (Å²) < 4.78 is 32.0. The minimum absolute atomic E-state index is 0.0581. The van der Waals surface area contributed by atoms with E-state index >= 15 is 0 Å². The van der Waals surface area contributed by atoms with Crippen LogP contribution in [0.3, 0.4) is 0 Å². The topological polar surface area (TPSA) is 54.4 Å². The molecule has 1 aromatic rings. The molecule has 160 valence electrons. The minimum atomic E-state index is -4.11. The van der Waals surface area contributed by atoms with E-state index in [0.717, 1.165) is 18.4 Å². The van der Waals surface area contributed by atoms with Gasteiger partial charge in [-0.25, -0.2) is 0 Å². The Kier molecular flexibility index (Phi) is 14.0. The van der Waals surface area contributed by atoms with Crippen molar-refractivity contribution >= 4 is 10.1 Å². The molecule has 28 heavy (non-hydrogen) atoms. The van der Waals surface area contributed by atoms with E-state index in [1.54, 1.807) is 12.1 Å². The minimum Gasteiger partial charge on any atom is -0.282 e. The Morgan fingerprint density at radius 1 is 0.750 bits per heavy atom. The van der Waals surface area contributed by atoms with Gasteiger partial charge in [0.1, 0.15) is 0 Å². The van der Waals surface area contributed by atoms with Crippen molar-refractivity contribution in [2.45, 2.75) is 108 Å². The van der Waals surface area contributed by atoms with Gasteiger partial charge in [-0.3, -0.25) is 4.55 Å². The first-order valence-electron chi connectivity index (χ1n) is 11.3. The highest BCUT2D eigenvalue weighted by Crippen LogP contribution is 2.18. The van der Waals surface area contributed by atoms with Crippen molar-refractivity contribution in [2.75, 3.05) is 0 Å². The van der Waals surface area contributed by atoms with Crippen LogP contribution in [0.1, 0.15) is 102 Å². The molecule has 1 N–H and O–H groups in total. The molecule has 0 unspecified atom stereocenters. The molecule has 0 aromatic heterocycles. The number of benzene rings is 1. The summed E-state index contributed by atoms with van der Waals surface area (Å²) >= 11 is 0. The molecule has 0 fully saturated rings. The van der Waals surface area contributed by atoms with Gasteiger partial charge >= 0.3 is 0 Å². The largest absolute Gasteiger partial charge is 0.294 e. The first-order valence-corrected chi connectivity index (χ1v) is 12.7. The fourth-order valence-electron chi connectivity index (χ4n) is 3.52. The highest BCUT2D eigenvalue weighted by Gasteiger charge is 2.13. The van der Waals surface area contributed by atoms with Gasteiger partial charge in [-0.2, -0.15) is 8.42 Å². The van der Waals surface area contributed by atoms with Crippen LogP contribution in [-0.2, 0) is 16.5 Å². The van der Waals surface area contributed by atoms with Crippen LogP contribution >= 0.6 is 0 Å². The molecule has 0 amide bonds. The van der Waals surface area contributed by atoms with Gasteiger partial charge in [0.25, 0.3) is 10.1 Å². The summed E-state index contributed by atoms with van der Waals surface area (Å²) in [6.07, 6.45) is 23.1. The third kappa shape index (κ3) is 12.4. The monoisotopic (exact) mass is 408 g/mol. The third-order valence-corrected chi connectivity index (χ3v) is 6.16. The first-order chi connectivity index (χ1) is 13.6. The van der Waals surface area contributed by atoms with E-state index in [1.807, 2.05) is 6.07 Å². The van der Waals surface area contributed by atoms with Crippen molar-refractivity contribution in [3.05, 3.63) is 42.0 Å². The molecule has 0 bridgehead atoms. The van der Waals surface area contributed by atoms with Gasteiger partial charge in [0.15, 0.2) is 0 Å². The molecule has 3 nitrogen and oxygen atoms in total. The molecule has 1 aromatic carbocycles. The number of rotatable bonds is 17. The van der Waals surface area contributed by atoms with Gasteiger partial charge in [0.05, 0.1) is 4.90 Å². The number of unbranched alkanes of at least 4 members (excludes halogenated alkanes) is 12. The summed E-state index contributed by atoms with van der Waals surface area (Å²) in [5.74, 6) is 0. The summed E-state index contributed by atoms with van der Waals surface area (Å²) in [6.45, 7) is 2.26. The van der Waals surface area contributed by atoms with Gasteiger partial charge in [-0.1, -0.05) is 95.1 Å². The number of hydrogen-bond donors (Lipinski definition) is 1. The predicted molar refractivity (Wildman–Crippen MR) is 119 cm³/mol. The van der Waals surface area contributed by atoms with Crippen molar-refractivity contribution in [3.63, 3.8) is 0 Å². The highest BCUT2D eigenvalue weighted by atomic mass is 32.2. The SMILES string of the molecule is CCCCCCCC/C=C\CCCCCCCCc1ccccc1S(=O)(=O)O. The van der Waals surface area contributed by atoms with Crippen molar-refractivity contribution in [2.24, 2.45) is 0 Å². The fraction of sp³-hybridized carbons (Fsp3) is 0.667. The number of aryl methyl sites for hydroxylation is 1. The average Bonchev–Trinajstić information content (AvgIpc) is 2.67. The number of allylic oxidation sites excluding steroid dienone is 2. The van der Waals surface area contributed by atoms with Crippen LogP contribution in [0.15, 0.2) is 41.3 Å². The van der Waals surface area contributed by atoms with E-state index in [4.69, 9.17) is 0 Å². The summed E-state index contributed by atoms with van der Waals surface area (Å²) in [5, 5.41) is 0. The Morgan fingerprint density at radius 3 is 1.82 bits per heavy atom. The lowest BCUT2D eigenvalue weighted by atomic mass is 10.0. The van der Waals surface area contributed by atoms with Crippen LogP contribution in [0.4, 0.5) is 0 Å². The zero-order valence-corrected chi connectivity index (χ0v) is 18.6. The molecule has 0 aliphatic carbocycles. The Labute approximate surface area is 173 Å². The zero-order valence-electron chi connectivity index (χ0n) is 17.7. The van der Waals surface area contributed by atoms with Crippen LogP contribution in [0.25, 0.3) is 0 Å². The summed E-state index contributed by atoms with van der Waals surface area (Å²) in [7, 11) is -4.11. The predicted octanol–water partition coefficient (Wildman–Crippen LogP) is 7.51. The molecular formula is C24H40O3S. The van der Waals surface area contributed by atoms with Crippen molar-refractivity contribution in [3.8, 4) is 0 Å². The van der Waals surface area contributed by atoms with Gasteiger partial charge in [-0.15, -0.1) is 0 Å². The van der Waals surface area contributed by atoms with E-state index in [0.29, 0.717) is 6.42 Å². The van der Waals surface area contributed by atoms with Gasteiger partial charge in [0, 0.05) is 0 Å². The lowest BCUT2D eigenvalue weighted by Crippen LogP contribution is -2.03. The smallest absolute Gasteiger partial charge is 0.282 e. The highest BCUT2D eigenvalue weighted by molar-refractivity contribution is 7.85. The Bertz CT molecular complexity index is 635. The van der Waals surface area contributed by atoms with E-state index in [2.05, 4.69) is 19.1 Å². The molecule has 0 aliphatic rings. The second kappa shape index (κ2) is 15.8. The van der Waals surface area contributed by atoms with Gasteiger partial charge in [0.2, 0.25) is 0 Å². The third-order valence-electron chi connectivity index (χ3n) is 5.21. The molecule has 0 atom stereocenters. The fourth-order valence-corrected chi connectivity index (χ4v) is 4.28.